The van der Waals surface area contributed by atoms with Gasteiger partial charge in [0.2, 0.25) is 0 Å². The van der Waals surface area contributed by atoms with Crippen LogP contribution in [0.15, 0.2) is 18.2 Å². The molecule has 0 bridgehead atoms. The van der Waals surface area contributed by atoms with Crippen molar-refractivity contribution < 1.29 is 9.53 Å². The van der Waals surface area contributed by atoms with Crippen molar-refractivity contribution in [1.82, 2.24) is 0 Å². The average molecular weight is 278 g/mol. The van der Waals surface area contributed by atoms with Crippen LogP contribution in [0.3, 0.4) is 0 Å². The maximum Gasteiger partial charge on any atom is 0.412 e. The minimum Gasteiger partial charge on any atom is -0.444 e. The normalized spacial score (nSPS) is 12.9. The Labute approximate surface area is 121 Å². The Bertz CT molecular complexity index is 462. The molecule has 0 unspecified atom stereocenters. The Kier molecular flexibility index (Phi) is 5.57. The third-order valence-corrected chi connectivity index (χ3v) is 2.83. The first-order chi connectivity index (χ1) is 9.17. The van der Waals surface area contributed by atoms with Crippen LogP contribution in [-0.4, -0.2) is 17.7 Å². The Morgan fingerprint density at radius 3 is 2.60 bits per heavy atom. The van der Waals surface area contributed by atoms with Crippen molar-refractivity contribution in [2.45, 2.75) is 59.1 Å². The van der Waals surface area contributed by atoms with Crippen molar-refractivity contribution in [3.05, 3.63) is 29.3 Å². The third-order valence-electron chi connectivity index (χ3n) is 2.83. The number of hydrogen-bond acceptors (Lipinski definition) is 3. The molecule has 0 aliphatic rings. The van der Waals surface area contributed by atoms with E-state index in [1.54, 1.807) is 0 Å². The lowest BCUT2D eigenvalue weighted by molar-refractivity contribution is 0.0636. The van der Waals surface area contributed by atoms with E-state index >= 15 is 0 Å². The Hall–Kier alpha value is -1.55. The molecule has 1 aromatic rings. The molecule has 0 aromatic heterocycles. The molecular weight excluding hydrogens is 252 g/mol. The van der Waals surface area contributed by atoms with E-state index in [2.05, 4.69) is 11.4 Å². The minimum atomic E-state index is -0.495. The molecule has 0 aliphatic heterocycles. The largest absolute Gasteiger partial charge is 0.444 e. The lowest BCUT2D eigenvalue weighted by atomic mass is 10.0. The fraction of sp³-hybridized carbons (Fsp3) is 0.562. The van der Waals surface area contributed by atoms with Crippen LogP contribution in [0.4, 0.5) is 10.5 Å². The number of ether oxygens (including phenoxy) is 1. The summed E-state index contributed by atoms with van der Waals surface area (Å²) in [4.78, 5) is 11.8. The van der Waals surface area contributed by atoms with Crippen molar-refractivity contribution in [2.24, 2.45) is 5.73 Å². The summed E-state index contributed by atoms with van der Waals surface area (Å²) in [6.07, 6.45) is 1.40. The number of carbonyl (C=O) groups excluding carboxylic acids is 1. The highest BCUT2D eigenvalue weighted by molar-refractivity contribution is 5.86. The number of hydrogen-bond donors (Lipinski definition) is 2. The van der Waals surface area contributed by atoms with Crippen LogP contribution in [0.2, 0.25) is 0 Å². The van der Waals surface area contributed by atoms with Crippen LogP contribution >= 0.6 is 0 Å². The summed E-state index contributed by atoms with van der Waals surface area (Å²) < 4.78 is 5.26. The maximum atomic E-state index is 11.8. The van der Waals surface area contributed by atoms with Gasteiger partial charge in [-0.15, -0.1) is 0 Å². The van der Waals surface area contributed by atoms with Gasteiger partial charge >= 0.3 is 6.09 Å². The summed E-state index contributed by atoms with van der Waals surface area (Å²) in [5.41, 5.74) is 8.25. The Balaban J connectivity index is 2.73. The van der Waals surface area contributed by atoms with Crippen LogP contribution in [0.5, 0.6) is 0 Å². The zero-order valence-electron chi connectivity index (χ0n) is 13.1. The summed E-state index contributed by atoms with van der Waals surface area (Å²) in [6.45, 7) is 9.49. The van der Waals surface area contributed by atoms with Gasteiger partial charge in [-0.1, -0.05) is 12.1 Å². The summed E-state index contributed by atoms with van der Waals surface area (Å²) in [5.74, 6) is 0. The molecule has 1 amide bonds. The fourth-order valence-electron chi connectivity index (χ4n) is 1.77. The van der Waals surface area contributed by atoms with Gasteiger partial charge in [0.25, 0.3) is 0 Å². The smallest absolute Gasteiger partial charge is 0.412 e. The van der Waals surface area contributed by atoms with E-state index in [1.807, 2.05) is 46.8 Å². The molecule has 1 atom stereocenters. The van der Waals surface area contributed by atoms with Crippen LogP contribution in [0.1, 0.15) is 45.2 Å². The van der Waals surface area contributed by atoms with Gasteiger partial charge in [-0.25, -0.2) is 4.79 Å². The molecule has 4 nitrogen and oxygen atoms in total. The number of benzene rings is 1. The van der Waals surface area contributed by atoms with Crippen molar-refractivity contribution in [3.63, 3.8) is 0 Å². The molecule has 4 heteroatoms. The van der Waals surface area contributed by atoms with Crippen LogP contribution in [0, 0.1) is 6.92 Å². The number of aryl methyl sites for hydroxylation is 2. The molecule has 0 heterocycles. The van der Waals surface area contributed by atoms with E-state index in [0.29, 0.717) is 0 Å². The van der Waals surface area contributed by atoms with Gasteiger partial charge < -0.3 is 10.5 Å². The highest BCUT2D eigenvalue weighted by atomic mass is 16.6. The molecule has 3 N–H and O–H groups in total. The van der Waals surface area contributed by atoms with E-state index in [4.69, 9.17) is 10.5 Å². The molecule has 0 fully saturated rings. The second kappa shape index (κ2) is 6.75. The lowest BCUT2D eigenvalue weighted by Crippen LogP contribution is -2.27. The quantitative estimate of drug-likeness (QED) is 0.884. The first-order valence-corrected chi connectivity index (χ1v) is 7.02. The molecule has 0 radical (unpaired) electrons. The van der Waals surface area contributed by atoms with Crippen LogP contribution in [-0.2, 0) is 11.2 Å². The highest BCUT2D eigenvalue weighted by Crippen LogP contribution is 2.19. The monoisotopic (exact) mass is 278 g/mol. The highest BCUT2D eigenvalue weighted by Gasteiger charge is 2.16. The minimum absolute atomic E-state index is 0.179. The number of anilines is 1. The van der Waals surface area contributed by atoms with Crippen molar-refractivity contribution >= 4 is 11.8 Å². The molecule has 0 spiro atoms. The summed E-state index contributed by atoms with van der Waals surface area (Å²) in [6, 6.07) is 6.24. The number of rotatable bonds is 4. The van der Waals surface area contributed by atoms with E-state index in [-0.39, 0.29) is 6.04 Å². The first kappa shape index (κ1) is 16.5. The summed E-state index contributed by atoms with van der Waals surface area (Å²) in [5, 5.41) is 2.80. The number of nitrogens with two attached hydrogens (primary N) is 1. The zero-order chi connectivity index (χ0) is 15.3. The molecule has 1 rings (SSSR count). The SMILES string of the molecule is Cc1ccc(CC[C@H](C)N)cc1NC(=O)OC(C)(C)C. The predicted molar refractivity (Wildman–Crippen MR) is 83.0 cm³/mol. The lowest BCUT2D eigenvalue weighted by Gasteiger charge is -2.20. The number of nitrogens with one attached hydrogen (secondary N) is 1. The van der Waals surface area contributed by atoms with E-state index in [9.17, 15) is 4.79 Å². The van der Waals surface area contributed by atoms with E-state index in [1.165, 1.54) is 5.56 Å². The van der Waals surface area contributed by atoms with Gasteiger partial charge in [-0.3, -0.25) is 5.32 Å². The Morgan fingerprint density at radius 2 is 2.05 bits per heavy atom. The molecule has 0 saturated heterocycles. The predicted octanol–water partition coefficient (Wildman–Crippen LogP) is 3.62. The molecule has 112 valence electrons. The summed E-state index contributed by atoms with van der Waals surface area (Å²) >= 11 is 0. The third kappa shape index (κ3) is 6.06. The molecule has 0 saturated carbocycles. The van der Waals surface area contributed by atoms with Gasteiger partial charge in [0.1, 0.15) is 5.60 Å². The van der Waals surface area contributed by atoms with Crippen LogP contribution < -0.4 is 11.1 Å². The second-order valence-electron chi connectivity index (χ2n) is 6.29. The number of amides is 1. The maximum absolute atomic E-state index is 11.8. The standard InChI is InChI=1S/C16H26N2O2/c1-11-6-8-13(9-7-12(2)17)10-14(11)18-15(19)20-16(3,4)5/h6,8,10,12H,7,9,17H2,1-5H3,(H,18,19)/t12-/m0/s1. The van der Waals surface area contributed by atoms with Crippen molar-refractivity contribution in [3.8, 4) is 0 Å². The van der Waals surface area contributed by atoms with Gasteiger partial charge in [0.05, 0.1) is 0 Å². The van der Waals surface area contributed by atoms with Gasteiger partial charge in [0.15, 0.2) is 0 Å². The van der Waals surface area contributed by atoms with Crippen molar-refractivity contribution in [2.75, 3.05) is 5.32 Å². The first-order valence-electron chi connectivity index (χ1n) is 7.02. The average Bonchev–Trinajstić information content (AvgIpc) is 2.27. The summed E-state index contributed by atoms with van der Waals surface area (Å²) in [7, 11) is 0. The van der Waals surface area contributed by atoms with Gasteiger partial charge in [-0.2, -0.15) is 0 Å². The zero-order valence-corrected chi connectivity index (χ0v) is 13.1. The van der Waals surface area contributed by atoms with Crippen molar-refractivity contribution in [1.29, 1.82) is 0 Å². The van der Waals surface area contributed by atoms with E-state index in [0.717, 1.165) is 24.1 Å². The molecule has 0 aliphatic carbocycles. The number of carbonyl (C=O) groups is 1. The topological polar surface area (TPSA) is 64.3 Å². The fourth-order valence-corrected chi connectivity index (χ4v) is 1.77. The molecule has 20 heavy (non-hydrogen) atoms. The van der Waals surface area contributed by atoms with E-state index < -0.39 is 11.7 Å². The molecule has 1 aromatic carbocycles. The Morgan fingerprint density at radius 1 is 1.40 bits per heavy atom. The van der Waals surface area contributed by atoms with Gasteiger partial charge in [-0.05, 0) is 64.7 Å². The second-order valence-corrected chi connectivity index (χ2v) is 6.29. The molecular formula is C16H26N2O2. The van der Waals surface area contributed by atoms with Crippen LogP contribution in [0.25, 0.3) is 0 Å². The van der Waals surface area contributed by atoms with Gasteiger partial charge in [0, 0.05) is 11.7 Å².